The highest BCUT2D eigenvalue weighted by molar-refractivity contribution is 5.83. The van der Waals surface area contributed by atoms with Crippen molar-refractivity contribution in [2.75, 3.05) is 26.2 Å². The standard InChI is InChI=1S/C19H25N3O/c23-18(13-22-12-7-16-5-1-2-6-17(16)22)20-14-19(8-9-19)15-21-10-3-4-11-21/h1-2,5-7,12H,3-4,8-11,13-15H2,(H,20,23). The van der Waals surface area contributed by atoms with Gasteiger partial charge in [0.25, 0.3) is 0 Å². The first-order chi connectivity index (χ1) is 11.2. The summed E-state index contributed by atoms with van der Waals surface area (Å²) in [5.41, 5.74) is 1.49. The van der Waals surface area contributed by atoms with E-state index in [0.717, 1.165) is 12.1 Å². The molecule has 0 spiro atoms. The fourth-order valence-electron chi connectivity index (χ4n) is 3.76. The molecule has 1 saturated heterocycles. The summed E-state index contributed by atoms with van der Waals surface area (Å²) in [7, 11) is 0. The lowest BCUT2D eigenvalue weighted by Crippen LogP contribution is -2.38. The molecule has 0 bridgehead atoms. The van der Waals surface area contributed by atoms with Crippen molar-refractivity contribution >= 4 is 16.8 Å². The van der Waals surface area contributed by atoms with E-state index in [1.54, 1.807) is 0 Å². The van der Waals surface area contributed by atoms with E-state index in [9.17, 15) is 4.79 Å². The minimum Gasteiger partial charge on any atom is -0.354 e. The molecule has 2 aromatic rings. The van der Waals surface area contributed by atoms with Gasteiger partial charge in [0.15, 0.2) is 0 Å². The smallest absolute Gasteiger partial charge is 0.239 e. The maximum atomic E-state index is 12.3. The monoisotopic (exact) mass is 311 g/mol. The van der Waals surface area contributed by atoms with E-state index in [1.165, 1.54) is 50.7 Å². The van der Waals surface area contributed by atoms with Crippen molar-refractivity contribution in [2.45, 2.75) is 32.2 Å². The molecule has 1 saturated carbocycles. The second-order valence-corrected chi connectivity index (χ2v) is 7.26. The van der Waals surface area contributed by atoms with Crippen molar-refractivity contribution in [1.82, 2.24) is 14.8 Å². The molecular formula is C19H25N3O. The molecule has 1 aromatic heterocycles. The number of para-hydroxylation sites is 1. The zero-order valence-corrected chi connectivity index (χ0v) is 13.6. The predicted octanol–water partition coefficient (Wildman–Crippen LogP) is 2.63. The molecule has 2 fully saturated rings. The number of benzene rings is 1. The average molecular weight is 311 g/mol. The molecule has 2 heterocycles. The molecule has 4 nitrogen and oxygen atoms in total. The molecule has 0 radical (unpaired) electrons. The van der Waals surface area contributed by atoms with Gasteiger partial charge in [-0.2, -0.15) is 0 Å². The Labute approximate surface area is 137 Å². The van der Waals surface area contributed by atoms with Crippen molar-refractivity contribution in [3.63, 3.8) is 0 Å². The Kier molecular flexibility index (Phi) is 3.85. The summed E-state index contributed by atoms with van der Waals surface area (Å²) in [6, 6.07) is 10.3. The fourth-order valence-corrected chi connectivity index (χ4v) is 3.76. The number of hydrogen-bond acceptors (Lipinski definition) is 2. The Morgan fingerprint density at radius 1 is 1.13 bits per heavy atom. The summed E-state index contributed by atoms with van der Waals surface area (Å²) >= 11 is 0. The van der Waals surface area contributed by atoms with Crippen molar-refractivity contribution in [2.24, 2.45) is 5.41 Å². The highest BCUT2D eigenvalue weighted by Crippen LogP contribution is 2.46. The van der Waals surface area contributed by atoms with Crippen LogP contribution < -0.4 is 5.32 Å². The summed E-state index contributed by atoms with van der Waals surface area (Å²) in [4.78, 5) is 14.9. The summed E-state index contributed by atoms with van der Waals surface area (Å²) in [6.07, 6.45) is 7.19. The largest absolute Gasteiger partial charge is 0.354 e. The minimum absolute atomic E-state index is 0.124. The second kappa shape index (κ2) is 6.00. The average Bonchev–Trinajstić information content (AvgIpc) is 2.96. The SMILES string of the molecule is O=C(Cn1ccc2ccccc21)NCC1(CN2CCCC2)CC1. The predicted molar refractivity (Wildman–Crippen MR) is 92.3 cm³/mol. The van der Waals surface area contributed by atoms with E-state index >= 15 is 0 Å². The van der Waals surface area contributed by atoms with Gasteiger partial charge in [-0.1, -0.05) is 18.2 Å². The molecule has 1 aliphatic heterocycles. The van der Waals surface area contributed by atoms with Crippen LogP contribution in [-0.4, -0.2) is 41.6 Å². The number of nitrogens with one attached hydrogen (secondary N) is 1. The van der Waals surface area contributed by atoms with E-state index in [1.807, 2.05) is 22.9 Å². The van der Waals surface area contributed by atoms with Crippen LogP contribution in [0, 0.1) is 5.41 Å². The highest BCUT2D eigenvalue weighted by Gasteiger charge is 2.44. The number of aromatic nitrogens is 1. The van der Waals surface area contributed by atoms with Crippen molar-refractivity contribution in [3.8, 4) is 0 Å². The number of carbonyl (C=O) groups is 1. The molecule has 1 N–H and O–H groups in total. The first-order valence-corrected chi connectivity index (χ1v) is 8.77. The third-order valence-electron chi connectivity index (χ3n) is 5.37. The van der Waals surface area contributed by atoms with Gasteiger partial charge in [-0.25, -0.2) is 0 Å². The lowest BCUT2D eigenvalue weighted by Gasteiger charge is -2.23. The first kappa shape index (κ1) is 14.8. The molecule has 4 rings (SSSR count). The fraction of sp³-hybridized carbons (Fsp3) is 0.526. The number of hydrogen-bond donors (Lipinski definition) is 1. The third kappa shape index (κ3) is 3.27. The Morgan fingerprint density at radius 3 is 2.70 bits per heavy atom. The Balaban J connectivity index is 1.32. The van der Waals surface area contributed by atoms with E-state index < -0.39 is 0 Å². The van der Waals surface area contributed by atoms with Crippen LogP contribution in [0.2, 0.25) is 0 Å². The molecule has 122 valence electrons. The topological polar surface area (TPSA) is 37.3 Å². The highest BCUT2D eigenvalue weighted by atomic mass is 16.1. The second-order valence-electron chi connectivity index (χ2n) is 7.26. The van der Waals surface area contributed by atoms with E-state index in [2.05, 4.69) is 28.4 Å². The van der Waals surface area contributed by atoms with Gasteiger partial charge in [0, 0.05) is 30.2 Å². The molecule has 1 aromatic carbocycles. The zero-order valence-electron chi connectivity index (χ0n) is 13.6. The van der Waals surface area contributed by atoms with Crippen LogP contribution in [0.1, 0.15) is 25.7 Å². The summed E-state index contributed by atoms with van der Waals surface area (Å²) in [5, 5.41) is 4.36. The van der Waals surface area contributed by atoms with Crippen molar-refractivity contribution in [1.29, 1.82) is 0 Å². The normalized spacial score (nSPS) is 20.0. The number of rotatable bonds is 6. The van der Waals surface area contributed by atoms with Gasteiger partial charge in [-0.3, -0.25) is 4.79 Å². The molecule has 1 amide bonds. The number of fused-ring (bicyclic) bond motifs is 1. The van der Waals surface area contributed by atoms with Gasteiger partial charge in [0.05, 0.1) is 0 Å². The third-order valence-corrected chi connectivity index (χ3v) is 5.37. The maximum absolute atomic E-state index is 12.3. The van der Waals surface area contributed by atoms with Gasteiger partial charge in [-0.05, 0) is 56.3 Å². The molecule has 0 atom stereocenters. The van der Waals surface area contributed by atoms with Gasteiger partial charge in [-0.15, -0.1) is 0 Å². The minimum atomic E-state index is 0.124. The Bertz CT molecular complexity index is 695. The Hall–Kier alpha value is -1.81. The molecular weight excluding hydrogens is 286 g/mol. The molecule has 2 aliphatic rings. The van der Waals surface area contributed by atoms with E-state index in [0.29, 0.717) is 12.0 Å². The summed E-state index contributed by atoms with van der Waals surface area (Å²) in [6.45, 7) is 4.89. The van der Waals surface area contributed by atoms with Crippen molar-refractivity contribution < 1.29 is 4.79 Å². The van der Waals surface area contributed by atoms with Gasteiger partial charge < -0.3 is 14.8 Å². The van der Waals surface area contributed by atoms with Crippen LogP contribution in [0.25, 0.3) is 10.9 Å². The van der Waals surface area contributed by atoms with Crippen molar-refractivity contribution in [3.05, 3.63) is 36.5 Å². The maximum Gasteiger partial charge on any atom is 0.239 e. The molecule has 4 heteroatoms. The lowest BCUT2D eigenvalue weighted by molar-refractivity contribution is -0.121. The number of amides is 1. The lowest BCUT2D eigenvalue weighted by atomic mass is 10.1. The molecule has 0 unspecified atom stereocenters. The van der Waals surface area contributed by atoms with Crippen LogP contribution >= 0.6 is 0 Å². The van der Waals surface area contributed by atoms with Crippen LogP contribution in [-0.2, 0) is 11.3 Å². The number of likely N-dealkylation sites (tertiary alicyclic amines) is 1. The molecule has 23 heavy (non-hydrogen) atoms. The zero-order chi connectivity index (χ0) is 15.7. The number of carbonyl (C=O) groups excluding carboxylic acids is 1. The van der Waals surface area contributed by atoms with Gasteiger partial charge in [0.1, 0.15) is 6.54 Å². The summed E-state index contributed by atoms with van der Waals surface area (Å²) in [5.74, 6) is 0.124. The van der Waals surface area contributed by atoms with E-state index in [-0.39, 0.29) is 5.91 Å². The number of nitrogens with zero attached hydrogens (tertiary/aromatic N) is 2. The van der Waals surface area contributed by atoms with Crippen LogP contribution in [0.5, 0.6) is 0 Å². The summed E-state index contributed by atoms with van der Waals surface area (Å²) < 4.78 is 2.03. The van der Waals surface area contributed by atoms with Crippen LogP contribution in [0.4, 0.5) is 0 Å². The molecule has 1 aliphatic carbocycles. The first-order valence-electron chi connectivity index (χ1n) is 8.77. The van der Waals surface area contributed by atoms with E-state index in [4.69, 9.17) is 0 Å². The van der Waals surface area contributed by atoms with Crippen LogP contribution in [0.15, 0.2) is 36.5 Å². The van der Waals surface area contributed by atoms with Gasteiger partial charge in [0.2, 0.25) is 5.91 Å². The van der Waals surface area contributed by atoms with Crippen LogP contribution in [0.3, 0.4) is 0 Å². The Morgan fingerprint density at radius 2 is 1.91 bits per heavy atom. The van der Waals surface area contributed by atoms with Gasteiger partial charge >= 0.3 is 0 Å². The quantitative estimate of drug-likeness (QED) is 0.890.